The standard InChI is InChI=1S/C14H18ClNO4/c1-3-19-14(18)6-7-16-13(17)9-20-12-8-10(2)4-5-11(12)15/h4-5,8H,3,6-7,9H2,1-2H3,(H,16,17). The molecule has 0 aliphatic heterocycles. The van der Waals surface area contributed by atoms with Gasteiger partial charge in [-0.05, 0) is 31.5 Å². The number of hydrogen-bond donors (Lipinski definition) is 1. The van der Waals surface area contributed by atoms with Gasteiger partial charge < -0.3 is 14.8 Å². The fourth-order valence-corrected chi connectivity index (χ4v) is 1.62. The maximum Gasteiger partial charge on any atom is 0.307 e. The Bertz CT molecular complexity index is 476. The first-order valence-corrected chi connectivity index (χ1v) is 6.72. The molecule has 1 N–H and O–H groups in total. The van der Waals surface area contributed by atoms with Crippen LogP contribution < -0.4 is 10.1 Å². The molecule has 0 radical (unpaired) electrons. The van der Waals surface area contributed by atoms with E-state index in [4.69, 9.17) is 21.1 Å². The molecule has 1 amide bonds. The van der Waals surface area contributed by atoms with E-state index in [0.29, 0.717) is 17.4 Å². The first-order chi connectivity index (χ1) is 9.52. The molecule has 1 aromatic rings. The molecule has 0 unspecified atom stereocenters. The van der Waals surface area contributed by atoms with Crippen molar-refractivity contribution in [2.24, 2.45) is 0 Å². The minimum atomic E-state index is -0.338. The van der Waals surface area contributed by atoms with Gasteiger partial charge in [-0.25, -0.2) is 0 Å². The quantitative estimate of drug-likeness (QED) is 0.783. The lowest BCUT2D eigenvalue weighted by Gasteiger charge is -2.09. The second kappa shape index (κ2) is 8.43. The predicted molar refractivity (Wildman–Crippen MR) is 75.9 cm³/mol. The van der Waals surface area contributed by atoms with Crippen molar-refractivity contribution < 1.29 is 19.1 Å². The number of aryl methyl sites for hydroxylation is 1. The van der Waals surface area contributed by atoms with Crippen LogP contribution in [-0.4, -0.2) is 31.6 Å². The van der Waals surface area contributed by atoms with Crippen molar-refractivity contribution in [3.05, 3.63) is 28.8 Å². The topological polar surface area (TPSA) is 64.6 Å². The van der Waals surface area contributed by atoms with E-state index in [9.17, 15) is 9.59 Å². The van der Waals surface area contributed by atoms with Gasteiger partial charge in [-0.2, -0.15) is 0 Å². The minimum absolute atomic E-state index is 0.144. The monoisotopic (exact) mass is 299 g/mol. The fraction of sp³-hybridized carbons (Fsp3) is 0.429. The highest BCUT2D eigenvalue weighted by Gasteiger charge is 2.07. The van der Waals surface area contributed by atoms with Gasteiger partial charge in [-0.3, -0.25) is 9.59 Å². The molecule has 20 heavy (non-hydrogen) atoms. The van der Waals surface area contributed by atoms with Crippen LogP contribution in [0, 0.1) is 6.92 Å². The summed E-state index contributed by atoms with van der Waals surface area (Å²) in [6, 6.07) is 5.33. The number of esters is 1. The van der Waals surface area contributed by atoms with E-state index in [1.165, 1.54) is 0 Å². The number of carbonyl (C=O) groups excluding carboxylic acids is 2. The summed E-state index contributed by atoms with van der Waals surface area (Å²) in [5.41, 5.74) is 0.993. The number of carbonyl (C=O) groups is 2. The third kappa shape index (κ3) is 5.93. The lowest BCUT2D eigenvalue weighted by atomic mass is 10.2. The molecule has 0 saturated heterocycles. The first kappa shape index (κ1) is 16.3. The van der Waals surface area contributed by atoms with Crippen LogP contribution in [0.4, 0.5) is 0 Å². The summed E-state index contributed by atoms with van der Waals surface area (Å²) in [7, 11) is 0. The summed E-state index contributed by atoms with van der Waals surface area (Å²) in [6.07, 6.45) is 0.144. The summed E-state index contributed by atoms with van der Waals surface area (Å²) in [5, 5.41) is 3.02. The average molecular weight is 300 g/mol. The van der Waals surface area contributed by atoms with Gasteiger partial charge in [-0.15, -0.1) is 0 Å². The van der Waals surface area contributed by atoms with Gasteiger partial charge in [0.25, 0.3) is 5.91 Å². The Morgan fingerprint density at radius 3 is 2.80 bits per heavy atom. The smallest absolute Gasteiger partial charge is 0.307 e. The molecule has 0 saturated carbocycles. The molecule has 0 aromatic heterocycles. The largest absolute Gasteiger partial charge is 0.482 e. The highest BCUT2D eigenvalue weighted by molar-refractivity contribution is 6.32. The van der Waals surface area contributed by atoms with Crippen LogP contribution in [0.1, 0.15) is 18.9 Å². The van der Waals surface area contributed by atoms with Crippen LogP contribution in [0.25, 0.3) is 0 Å². The zero-order chi connectivity index (χ0) is 15.0. The van der Waals surface area contributed by atoms with Gasteiger partial charge in [0.2, 0.25) is 0 Å². The van der Waals surface area contributed by atoms with Gasteiger partial charge >= 0.3 is 5.97 Å². The van der Waals surface area contributed by atoms with Crippen molar-refractivity contribution in [3.8, 4) is 5.75 Å². The highest BCUT2D eigenvalue weighted by atomic mass is 35.5. The van der Waals surface area contributed by atoms with Crippen molar-refractivity contribution in [1.82, 2.24) is 5.32 Å². The molecule has 110 valence electrons. The number of rotatable bonds is 7. The molecule has 0 atom stereocenters. The SMILES string of the molecule is CCOC(=O)CCNC(=O)COc1cc(C)ccc1Cl. The van der Waals surface area contributed by atoms with Crippen LogP contribution >= 0.6 is 11.6 Å². The molecule has 0 aliphatic rings. The van der Waals surface area contributed by atoms with Crippen LogP contribution in [0.2, 0.25) is 5.02 Å². The summed E-state index contributed by atoms with van der Waals surface area (Å²) in [4.78, 5) is 22.6. The molecule has 1 rings (SSSR count). The Hall–Kier alpha value is -1.75. The molecule has 0 heterocycles. The van der Waals surface area contributed by atoms with Crippen molar-refractivity contribution in [1.29, 1.82) is 0 Å². The summed E-state index contributed by atoms with van der Waals surface area (Å²) in [6.45, 7) is 4.05. The Morgan fingerprint density at radius 1 is 1.35 bits per heavy atom. The van der Waals surface area contributed by atoms with Crippen molar-refractivity contribution in [3.63, 3.8) is 0 Å². The van der Waals surface area contributed by atoms with E-state index in [2.05, 4.69) is 5.32 Å². The molecule has 0 spiro atoms. The predicted octanol–water partition coefficient (Wildman–Crippen LogP) is 2.10. The number of benzene rings is 1. The molecule has 5 nitrogen and oxygen atoms in total. The summed E-state index contributed by atoms with van der Waals surface area (Å²) >= 11 is 5.94. The van der Waals surface area contributed by atoms with Crippen LogP contribution in [-0.2, 0) is 14.3 Å². The lowest BCUT2D eigenvalue weighted by molar-refractivity contribution is -0.143. The number of amides is 1. The second-order valence-corrected chi connectivity index (χ2v) is 4.53. The molecule has 0 fully saturated rings. The second-order valence-electron chi connectivity index (χ2n) is 4.13. The maximum absolute atomic E-state index is 11.5. The molecule has 0 bridgehead atoms. The normalized spacial score (nSPS) is 9.95. The molecule has 0 aliphatic carbocycles. The molecule has 6 heteroatoms. The maximum atomic E-state index is 11.5. The zero-order valence-electron chi connectivity index (χ0n) is 11.6. The summed E-state index contributed by atoms with van der Waals surface area (Å²) in [5.74, 6) is -0.186. The number of nitrogens with one attached hydrogen (secondary N) is 1. The van der Waals surface area contributed by atoms with Gasteiger partial charge in [0.05, 0.1) is 18.1 Å². The zero-order valence-corrected chi connectivity index (χ0v) is 12.3. The summed E-state index contributed by atoms with van der Waals surface area (Å²) < 4.78 is 10.1. The first-order valence-electron chi connectivity index (χ1n) is 6.34. The van der Waals surface area contributed by atoms with E-state index in [1.807, 2.05) is 13.0 Å². The van der Waals surface area contributed by atoms with E-state index < -0.39 is 0 Å². The van der Waals surface area contributed by atoms with Crippen LogP contribution in [0.3, 0.4) is 0 Å². The Labute approximate surface area is 123 Å². The Balaban J connectivity index is 2.29. The average Bonchev–Trinajstić information content (AvgIpc) is 2.40. The third-order valence-electron chi connectivity index (χ3n) is 2.40. The Morgan fingerprint density at radius 2 is 2.10 bits per heavy atom. The fourth-order valence-electron chi connectivity index (χ4n) is 1.45. The molecular weight excluding hydrogens is 282 g/mol. The highest BCUT2D eigenvalue weighted by Crippen LogP contribution is 2.24. The van der Waals surface area contributed by atoms with Gasteiger partial charge in [0, 0.05) is 6.54 Å². The van der Waals surface area contributed by atoms with E-state index in [1.54, 1.807) is 19.1 Å². The van der Waals surface area contributed by atoms with Crippen molar-refractivity contribution in [2.75, 3.05) is 19.8 Å². The van der Waals surface area contributed by atoms with E-state index in [-0.39, 0.29) is 31.4 Å². The van der Waals surface area contributed by atoms with Gasteiger partial charge in [0.1, 0.15) is 5.75 Å². The van der Waals surface area contributed by atoms with E-state index in [0.717, 1.165) is 5.56 Å². The number of ether oxygens (including phenoxy) is 2. The molecular formula is C14H18ClNO4. The Kier molecular flexibility index (Phi) is 6.87. The number of hydrogen-bond acceptors (Lipinski definition) is 4. The lowest BCUT2D eigenvalue weighted by Crippen LogP contribution is -2.31. The van der Waals surface area contributed by atoms with Crippen LogP contribution in [0.5, 0.6) is 5.75 Å². The molecule has 1 aromatic carbocycles. The number of halogens is 1. The van der Waals surface area contributed by atoms with Gasteiger partial charge in [0.15, 0.2) is 6.61 Å². The van der Waals surface area contributed by atoms with Crippen molar-refractivity contribution >= 4 is 23.5 Å². The van der Waals surface area contributed by atoms with E-state index >= 15 is 0 Å². The van der Waals surface area contributed by atoms with Gasteiger partial charge in [-0.1, -0.05) is 17.7 Å². The minimum Gasteiger partial charge on any atom is -0.482 e. The van der Waals surface area contributed by atoms with Crippen LogP contribution in [0.15, 0.2) is 18.2 Å². The van der Waals surface area contributed by atoms with Crippen molar-refractivity contribution in [2.45, 2.75) is 20.3 Å². The third-order valence-corrected chi connectivity index (χ3v) is 2.71.